The Labute approximate surface area is 159 Å². The number of hydrogen-bond acceptors (Lipinski definition) is 4. The van der Waals surface area contributed by atoms with Crippen LogP contribution >= 0.6 is 11.6 Å². The third kappa shape index (κ3) is 2.77. The lowest BCUT2D eigenvalue weighted by atomic mass is 9.86. The highest BCUT2D eigenvalue weighted by molar-refractivity contribution is 6.20. The molecule has 4 nitrogen and oxygen atoms in total. The molecule has 2 aromatic rings. The van der Waals surface area contributed by atoms with Gasteiger partial charge in [0.1, 0.15) is 0 Å². The lowest BCUT2D eigenvalue weighted by Crippen LogP contribution is -2.51. The first-order valence-electron chi connectivity index (χ1n) is 9.35. The average Bonchev–Trinajstić information content (AvgIpc) is 2.69. The summed E-state index contributed by atoms with van der Waals surface area (Å²) in [4.78, 5) is 4.63. The van der Waals surface area contributed by atoms with Crippen LogP contribution in [-0.2, 0) is 4.74 Å². The summed E-state index contributed by atoms with van der Waals surface area (Å²) in [7, 11) is 2.06. The molecule has 4 aliphatic heterocycles. The van der Waals surface area contributed by atoms with Gasteiger partial charge in [-0.2, -0.15) is 0 Å². The molecule has 0 spiro atoms. The summed E-state index contributed by atoms with van der Waals surface area (Å²) in [6.07, 6.45) is 2.69. The van der Waals surface area contributed by atoms with Gasteiger partial charge in [-0.15, -0.1) is 0 Å². The van der Waals surface area contributed by atoms with Crippen molar-refractivity contribution < 1.29 is 9.47 Å². The van der Waals surface area contributed by atoms with Gasteiger partial charge in [0.05, 0.1) is 17.5 Å². The number of benzene rings is 2. The Hall–Kier alpha value is -1.75. The van der Waals surface area contributed by atoms with E-state index in [4.69, 9.17) is 21.1 Å². The van der Waals surface area contributed by atoms with Gasteiger partial charge >= 0.3 is 0 Å². The maximum Gasteiger partial charge on any atom is 0.157 e. The molecule has 0 amide bonds. The number of rotatable bonds is 3. The molecule has 4 heterocycles. The van der Waals surface area contributed by atoms with Gasteiger partial charge in [0.2, 0.25) is 0 Å². The van der Waals surface area contributed by atoms with E-state index in [2.05, 4.69) is 29.0 Å². The third-order valence-electron chi connectivity index (χ3n) is 5.94. The summed E-state index contributed by atoms with van der Waals surface area (Å²) in [6, 6.07) is 14.2. The fourth-order valence-corrected chi connectivity index (χ4v) is 4.66. The monoisotopic (exact) mass is 370 g/mol. The Morgan fingerprint density at radius 3 is 2.62 bits per heavy atom. The minimum atomic E-state index is -0.447. The molecule has 4 aliphatic rings. The van der Waals surface area contributed by atoms with Crippen LogP contribution in [0.15, 0.2) is 42.5 Å². The van der Waals surface area contributed by atoms with Crippen LogP contribution in [-0.4, -0.2) is 37.7 Å². The molecule has 0 saturated carbocycles. The highest BCUT2D eigenvalue weighted by Crippen LogP contribution is 2.47. The number of halogens is 1. The van der Waals surface area contributed by atoms with Gasteiger partial charge in [0.25, 0.3) is 0 Å². The minimum absolute atomic E-state index is 0.236. The zero-order chi connectivity index (χ0) is 17.7. The number of para-hydroxylation sites is 2. The van der Waals surface area contributed by atoms with Crippen LogP contribution in [0, 0.1) is 5.92 Å². The van der Waals surface area contributed by atoms with Crippen LogP contribution in [0.1, 0.15) is 24.0 Å². The van der Waals surface area contributed by atoms with Crippen LogP contribution in [0.5, 0.6) is 11.5 Å². The lowest BCUT2D eigenvalue weighted by molar-refractivity contribution is -0.0816. The maximum absolute atomic E-state index is 6.65. The molecule has 0 aromatic heterocycles. The molecular formula is C21H23ClN2O2. The van der Waals surface area contributed by atoms with Gasteiger partial charge in [-0.3, -0.25) is 0 Å². The van der Waals surface area contributed by atoms with Crippen LogP contribution in [0.2, 0.25) is 0 Å². The van der Waals surface area contributed by atoms with E-state index >= 15 is 0 Å². The molecule has 136 valence electrons. The van der Waals surface area contributed by atoms with Gasteiger partial charge < -0.3 is 19.3 Å². The molecule has 26 heavy (non-hydrogen) atoms. The molecule has 2 bridgehead atoms. The molecule has 2 aromatic carbocycles. The summed E-state index contributed by atoms with van der Waals surface area (Å²) >= 11 is 6.65. The molecule has 3 saturated heterocycles. The first-order valence-corrected chi connectivity index (χ1v) is 9.79. The normalized spacial score (nSPS) is 27.5. The summed E-state index contributed by atoms with van der Waals surface area (Å²) in [6.45, 7) is 3.41. The maximum atomic E-state index is 6.65. The summed E-state index contributed by atoms with van der Waals surface area (Å²) in [5, 5.41) is 0. The van der Waals surface area contributed by atoms with Crippen LogP contribution in [0.4, 0.5) is 11.4 Å². The standard InChI is InChI=1S/C21H23ClN2O2/c1-23-16-4-2-3-5-18(16)25-19-12-15(6-7-17(19)23)21(22)26-20-13-24-10-8-14(20)9-11-24/h2-7,12,14,20-21H,8-11,13H2,1H3. The van der Waals surface area contributed by atoms with E-state index in [9.17, 15) is 0 Å². The van der Waals surface area contributed by atoms with E-state index in [-0.39, 0.29) is 6.10 Å². The predicted octanol–water partition coefficient (Wildman–Crippen LogP) is 4.91. The molecule has 0 aliphatic carbocycles. The number of alkyl halides is 1. The molecule has 2 unspecified atom stereocenters. The Balaban J connectivity index is 1.37. The first-order chi connectivity index (χ1) is 12.7. The number of anilines is 2. The van der Waals surface area contributed by atoms with Crippen molar-refractivity contribution >= 4 is 23.0 Å². The minimum Gasteiger partial charge on any atom is -0.453 e. The largest absolute Gasteiger partial charge is 0.453 e. The lowest BCUT2D eigenvalue weighted by Gasteiger charge is -2.45. The predicted molar refractivity (Wildman–Crippen MR) is 104 cm³/mol. The van der Waals surface area contributed by atoms with Crippen LogP contribution < -0.4 is 9.64 Å². The number of piperidine rings is 3. The van der Waals surface area contributed by atoms with E-state index in [0.717, 1.165) is 35.0 Å². The molecule has 6 rings (SSSR count). The summed E-state index contributed by atoms with van der Waals surface area (Å²) in [5.41, 5.74) is 2.62. The van der Waals surface area contributed by atoms with Crippen molar-refractivity contribution in [1.82, 2.24) is 4.90 Å². The number of nitrogens with zero attached hydrogens (tertiary/aromatic N) is 2. The van der Waals surface area contributed by atoms with E-state index in [1.165, 1.54) is 25.9 Å². The molecule has 5 heteroatoms. The second-order valence-electron chi connectivity index (χ2n) is 7.48. The van der Waals surface area contributed by atoms with Gasteiger partial charge in [-0.25, -0.2) is 0 Å². The zero-order valence-corrected chi connectivity index (χ0v) is 15.7. The Kier molecular flexibility index (Phi) is 4.07. The summed E-state index contributed by atoms with van der Waals surface area (Å²) in [5.74, 6) is 2.34. The van der Waals surface area contributed by atoms with Crippen molar-refractivity contribution in [2.24, 2.45) is 5.92 Å². The van der Waals surface area contributed by atoms with Gasteiger partial charge in [0, 0.05) is 13.6 Å². The van der Waals surface area contributed by atoms with Crippen LogP contribution in [0.25, 0.3) is 0 Å². The topological polar surface area (TPSA) is 24.9 Å². The Morgan fingerprint density at radius 1 is 1.08 bits per heavy atom. The quantitative estimate of drug-likeness (QED) is 0.717. The second kappa shape index (κ2) is 6.45. The molecule has 2 atom stereocenters. The zero-order valence-electron chi connectivity index (χ0n) is 14.9. The van der Waals surface area contributed by atoms with E-state index in [1.807, 2.05) is 30.3 Å². The van der Waals surface area contributed by atoms with Crippen molar-refractivity contribution in [3.05, 3.63) is 48.0 Å². The van der Waals surface area contributed by atoms with Crippen molar-refractivity contribution in [2.45, 2.75) is 24.5 Å². The fourth-order valence-electron chi connectivity index (χ4n) is 4.40. The Morgan fingerprint density at radius 2 is 1.85 bits per heavy atom. The summed E-state index contributed by atoms with van der Waals surface area (Å²) < 4.78 is 12.4. The number of fused-ring (bicyclic) bond motifs is 5. The SMILES string of the molecule is CN1c2ccccc2Oc2cc(C(Cl)OC3CN4CCC3CC4)ccc21. The third-order valence-corrected chi connectivity index (χ3v) is 6.30. The molecule has 0 radical (unpaired) electrons. The number of ether oxygens (including phenoxy) is 2. The molecule has 3 fully saturated rings. The van der Waals surface area contributed by atoms with Gasteiger partial charge in [-0.1, -0.05) is 29.8 Å². The number of hydrogen-bond donors (Lipinski definition) is 0. The van der Waals surface area contributed by atoms with Crippen LogP contribution in [0.3, 0.4) is 0 Å². The Bertz CT molecular complexity index is 819. The fraction of sp³-hybridized carbons (Fsp3) is 0.429. The van der Waals surface area contributed by atoms with Crippen molar-refractivity contribution in [3.63, 3.8) is 0 Å². The van der Waals surface area contributed by atoms with E-state index < -0.39 is 5.56 Å². The van der Waals surface area contributed by atoms with E-state index in [1.54, 1.807) is 0 Å². The highest BCUT2D eigenvalue weighted by atomic mass is 35.5. The average molecular weight is 371 g/mol. The van der Waals surface area contributed by atoms with Crippen molar-refractivity contribution in [3.8, 4) is 11.5 Å². The van der Waals surface area contributed by atoms with Crippen molar-refractivity contribution in [1.29, 1.82) is 0 Å². The second-order valence-corrected chi connectivity index (χ2v) is 7.88. The highest BCUT2D eigenvalue weighted by Gasteiger charge is 2.36. The smallest absolute Gasteiger partial charge is 0.157 e. The van der Waals surface area contributed by atoms with Gasteiger partial charge in [-0.05, 0) is 61.7 Å². The van der Waals surface area contributed by atoms with E-state index in [0.29, 0.717) is 5.92 Å². The molecule has 0 N–H and O–H groups in total. The molecular weight excluding hydrogens is 348 g/mol. The van der Waals surface area contributed by atoms with Gasteiger partial charge in [0.15, 0.2) is 17.1 Å². The van der Waals surface area contributed by atoms with Crippen molar-refractivity contribution in [2.75, 3.05) is 31.6 Å². The first kappa shape index (κ1) is 16.4.